The van der Waals surface area contributed by atoms with Gasteiger partial charge in [0.2, 0.25) is 0 Å². The van der Waals surface area contributed by atoms with Crippen LogP contribution in [0.2, 0.25) is 0 Å². The Balaban J connectivity index is 1.43. The number of unbranched alkanes of at least 4 members (excludes halogenated alkanes) is 5. The zero-order valence-electron chi connectivity index (χ0n) is 17.5. The van der Waals surface area contributed by atoms with Crippen LogP contribution in [0.5, 0.6) is 5.75 Å². The standard InChI is InChI=1S/C25H36N2O/c1-2-3-4-5-6-8-13-22-18-26-25(27-19-22)23-14-16-24(17-15-23)28-20-21-11-9-7-10-12-21/h14-19,21H,2-13,20H2,1H3. The third kappa shape index (κ3) is 6.92. The van der Waals surface area contributed by atoms with E-state index in [1.54, 1.807) is 0 Å². The first-order chi connectivity index (χ1) is 13.8. The highest BCUT2D eigenvalue weighted by Gasteiger charge is 2.14. The summed E-state index contributed by atoms with van der Waals surface area (Å²) in [5.41, 5.74) is 2.29. The number of ether oxygens (including phenoxy) is 1. The minimum absolute atomic E-state index is 0.732. The van der Waals surface area contributed by atoms with Gasteiger partial charge in [0.25, 0.3) is 0 Å². The Kier molecular flexibility index (Phi) is 8.80. The third-order valence-corrected chi connectivity index (χ3v) is 5.85. The topological polar surface area (TPSA) is 35.0 Å². The molecule has 0 N–H and O–H groups in total. The molecule has 0 radical (unpaired) electrons. The SMILES string of the molecule is CCCCCCCCc1cnc(-c2ccc(OCC3CCCCC3)cc2)nc1. The molecule has 2 aromatic rings. The largest absolute Gasteiger partial charge is 0.493 e. The van der Waals surface area contributed by atoms with Gasteiger partial charge in [-0.15, -0.1) is 0 Å². The Morgan fingerprint density at radius 3 is 2.25 bits per heavy atom. The van der Waals surface area contributed by atoms with Gasteiger partial charge in [0.1, 0.15) is 5.75 Å². The fraction of sp³-hybridized carbons (Fsp3) is 0.600. The minimum Gasteiger partial charge on any atom is -0.493 e. The Morgan fingerprint density at radius 1 is 0.857 bits per heavy atom. The van der Waals surface area contributed by atoms with Crippen molar-refractivity contribution in [2.45, 2.75) is 84.0 Å². The first-order valence-electron chi connectivity index (χ1n) is 11.4. The van der Waals surface area contributed by atoms with E-state index in [1.165, 1.54) is 76.2 Å². The van der Waals surface area contributed by atoms with Crippen LogP contribution < -0.4 is 4.74 Å². The van der Waals surface area contributed by atoms with Gasteiger partial charge in [-0.3, -0.25) is 0 Å². The van der Waals surface area contributed by atoms with E-state index in [4.69, 9.17) is 4.74 Å². The summed E-state index contributed by atoms with van der Waals surface area (Å²) in [6.07, 6.45) is 19.7. The monoisotopic (exact) mass is 380 g/mol. The zero-order valence-corrected chi connectivity index (χ0v) is 17.5. The van der Waals surface area contributed by atoms with Gasteiger partial charge in [-0.2, -0.15) is 0 Å². The van der Waals surface area contributed by atoms with E-state index in [2.05, 4.69) is 29.0 Å². The number of nitrogens with zero attached hydrogens (tertiary/aromatic N) is 2. The molecule has 152 valence electrons. The van der Waals surface area contributed by atoms with Gasteiger partial charge in [0, 0.05) is 18.0 Å². The van der Waals surface area contributed by atoms with Gasteiger partial charge < -0.3 is 4.74 Å². The lowest BCUT2D eigenvalue weighted by atomic mass is 9.90. The Hall–Kier alpha value is -1.90. The number of benzene rings is 1. The van der Waals surface area contributed by atoms with Crippen LogP contribution in [0.3, 0.4) is 0 Å². The van der Waals surface area contributed by atoms with Crippen molar-refractivity contribution in [2.24, 2.45) is 5.92 Å². The van der Waals surface area contributed by atoms with Crippen molar-refractivity contribution < 1.29 is 4.74 Å². The van der Waals surface area contributed by atoms with Crippen molar-refractivity contribution in [1.82, 2.24) is 9.97 Å². The molecular formula is C25H36N2O. The molecule has 1 aromatic heterocycles. The molecule has 3 rings (SSSR count). The summed E-state index contributed by atoms with van der Waals surface area (Å²) >= 11 is 0. The van der Waals surface area contributed by atoms with Crippen LogP contribution in [-0.2, 0) is 6.42 Å². The first-order valence-corrected chi connectivity index (χ1v) is 11.4. The molecule has 0 bridgehead atoms. The van der Waals surface area contributed by atoms with E-state index in [0.29, 0.717) is 0 Å². The summed E-state index contributed by atoms with van der Waals surface area (Å²) in [5, 5.41) is 0. The maximum absolute atomic E-state index is 5.99. The van der Waals surface area contributed by atoms with E-state index in [1.807, 2.05) is 24.5 Å². The first kappa shape index (κ1) is 20.8. The van der Waals surface area contributed by atoms with Crippen LogP contribution in [0.25, 0.3) is 11.4 Å². The second-order valence-electron chi connectivity index (χ2n) is 8.27. The average molecular weight is 381 g/mol. The predicted octanol–water partition coefficient (Wildman–Crippen LogP) is 7.01. The van der Waals surface area contributed by atoms with E-state index in [-0.39, 0.29) is 0 Å². The van der Waals surface area contributed by atoms with Crippen molar-refractivity contribution >= 4 is 0 Å². The van der Waals surface area contributed by atoms with Gasteiger partial charge in [0.15, 0.2) is 5.82 Å². The van der Waals surface area contributed by atoms with Crippen molar-refractivity contribution in [2.75, 3.05) is 6.61 Å². The maximum Gasteiger partial charge on any atom is 0.159 e. The molecule has 28 heavy (non-hydrogen) atoms. The maximum atomic E-state index is 5.99. The molecule has 1 heterocycles. The normalized spacial score (nSPS) is 14.9. The fourth-order valence-electron chi connectivity index (χ4n) is 4.01. The predicted molar refractivity (Wildman–Crippen MR) is 117 cm³/mol. The number of aryl methyl sites for hydroxylation is 1. The van der Waals surface area contributed by atoms with E-state index in [0.717, 1.165) is 36.1 Å². The molecule has 1 aliphatic carbocycles. The van der Waals surface area contributed by atoms with E-state index in [9.17, 15) is 0 Å². The fourth-order valence-corrected chi connectivity index (χ4v) is 4.01. The highest BCUT2D eigenvalue weighted by Crippen LogP contribution is 2.25. The average Bonchev–Trinajstić information content (AvgIpc) is 2.76. The summed E-state index contributed by atoms with van der Waals surface area (Å²) < 4.78 is 5.99. The molecule has 1 aromatic carbocycles. The lowest BCUT2D eigenvalue weighted by Crippen LogP contribution is -2.15. The smallest absolute Gasteiger partial charge is 0.159 e. The minimum atomic E-state index is 0.732. The van der Waals surface area contributed by atoms with Crippen molar-refractivity contribution in [1.29, 1.82) is 0 Å². The van der Waals surface area contributed by atoms with Gasteiger partial charge in [-0.1, -0.05) is 58.3 Å². The van der Waals surface area contributed by atoms with Gasteiger partial charge in [-0.05, 0) is 61.4 Å². The van der Waals surface area contributed by atoms with E-state index < -0.39 is 0 Å². The summed E-state index contributed by atoms with van der Waals surface area (Å²) in [6.45, 7) is 3.11. The molecular weight excluding hydrogens is 344 g/mol. The number of aromatic nitrogens is 2. The summed E-state index contributed by atoms with van der Waals surface area (Å²) in [5.74, 6) is 2.48. The van der Waals surface area contributed by atoms with Crippen LogP contribution in [-0.4, -0.2) is 16.6 Å². The summed E-state index contributed by atoms with van der Waals surface area (Å²) in [7, 11) is 0. The van der Waals surface area contributed by atoms with Crippen LogP contribution >= 0.6 is 0 Å². The Morgan fingerprint density at radius 2 is 1.54 bits per heavy atom. The third-order valence-electron chi connectivity index (χ3n) is 5.85. The lowest BCUT2D eigenvalue weighted by molar-refractivity contribution is 0.209. The van der Waals surface area contributed by atoms with Crippen molar-refractivity contribution in [3.05, 3.63) is 42.2 Å². The Labute approximate surface area is 171 Å². The van der Waals surface area contributed by atoms with Crippen LogP contribution in [0.15, 0.2) is 36.7 Å². The van der Waals surface area contributed by atoms with Gasteiger partial charge in [-0.25, -0.2) is 9.97 Å². The zero-order chi connectivity index (χ0) is 19.4. The molecule has 0 aliphatic heterocycles. The molecule has 1 saturated carbocycles. The van der Waals surface area contributed by atoms with Crippen LogP contribution in [0, 0.1) is 5.92 Å². The second kappa shape index (κ2) is 11.8. The number of hydrogen-bond donors (Lipinski definition) is 0. The molecule has 0 saturated heterocycles. The van der Waals surface area contributed by atoms with Gasteiger partial charge >= 0.3 is 0 Å². The molecule has 3 heteroatoms. The van der Waals surface area contributed by atoms with Crippen LogP contribution in [0.1, 0.15) is 83.1 Å². The van der Waals surface area contributed by atoms with Crippen molar-refractivity contribution in [3.63, 3.8) is 0 Å². The lowest BCUT2D eigenvalue weighted by Gasteiger charge is -2.21. The highest BCUT2D eigenvalue weighted by atomic mass is 16.5. The highest BCUT2D eigenvalue weighted by molar-refractivity contribution is 5.55. The molecule has 3 nitrogen and oxygen atoms in total. The second-order valence-corrected chi connectivity index (χ2v) is 8.27. The van der Waals surface area contributed by atoms with E-state index >= 15 is 0 Å². The summed E-state index contributed by atoms with van der Waals surface area (Å²) in [4.78, 5) is 9.15. The molecule has 0 spiro atoms. The molecule has 0 unspecified atom stereocenters. The quantitative estimate of drug-likeness (QED) is 0.393. The molecule has 0 atom stereocenters. The van der Waals surface area contributed by atoms with Crippen LogP contribution in [0.4, 0.5) is 0 Å². The number of rotatable bonds is 11. The van der Waals surface area contributed by atoms with Gasteiger partial charge in [0.05, 0.1) is 6.61 Å². The molecule has 1 aliphatic rings. The summed E-state index contributed by atoms with van der Waals surface area (Å²) in [6, 6.07) is 8.23. The Bertz CT molecular complexity index is 660. The number of hydrogen-bond acceptors (Lipinski definition) is 3. The van der Waals surface area contributed by atoms with Crippen molar-refractivity contribution in [3.8, 4) is 17.1 Å². The molecule has 1 fully saturated rings. The molecule has 0 amide bonds.